The highest BCUT2D eigenvalue weighted by Crippen LogP contribution is 2.40. The Hall–Kier alpha value is -5.88. The van der Waals surface area contributed by atoms with Crippen LogP contribution in [0.15, 0.2) is 152 Å². The van der Waals surface area contributed by atoms with Crippen molar-refractivity contribution in [3.05, 3.63) is 185 Å². The van der Waals surface area contributed by atoms with Gasteiger partial charge in [-0.3, -0.25) is 4.98 Å². The number of aryl methyl sites for hydroxylation is 2. The summed E-state index contributed by atoms with van der Waals surface area (Å²) in [7, 11) is 0. The lowest BCUT2D eigenvalue weighted by Crippen LogP contribution is -2.39. The summed E-state index contributed by atoms with van der Waals surface area (Å²) in [5.41, 5.74) is 8.31. The number of rotatable bonds is 9. The molecule has 0 fully saturated rings. The van der Waals surface area contributed by atoms with Crippen molar-refractivity contribution in [1.29, 1.82) is 0 Å². The maximum absolute atomic E-state index is 6.11. The van der Waals surface area contributed by atoms with Gasteiger partial charge in [-0.25, -0.2) is 0 Å². The van der Waals surface area contributed by atoms with Crippen LogP contribution >= 0.6 is 0 Å². The van der Waals surface area contributed by atoms with Gasteiger partial charge in [-0.1, -0.05) is 127 Å². The van der Waals surface area contributed by atoms with E-state index in [0.29, 0.717) is 12.4 Å². The summed E-state index contributed by atoms with van der Waals surface area (Å²) >= 11 is 0. The third-order valence-electron chi connectivity index (χ3n) is 8.13. The van der Waals surface area contributed by atoms with E-state index in [1.54, 1.807) is 4.80 Å². The fourth-order valence-electron chi connectivity index (χ4n) is 6.08. The minimum absolute atomic E-state index is 0.465. The highest BCUT2D eigenvalue weighted by Gasteiger charge is 2.41. The molecule has 0 radical (unpaired) electrons. The lowest BCUT2D eigenvalue weighted by atomic mass is 9.77. The van der Waals surface area contributed by atoms with E-state index in [9.17, 15) is 0 Å². The van der Waals surface area contributed by atoms with E-state index in [0.717, 1.165) is 56.1 Å². The van der Waals surface area contributed by atoms with Gasteiger partial charge in [-0.05, 0) is 64.6 Å². The van der Waals surface area contributed by atoms with Crippen LogP contribution < -0.4 is 4.74 Å². The molecule has 6 heteroatoms. The van der Waals surface area contributed by atoms with Crippen molar-refractivity contribution in [1.82, 2.24) is 25.2 Å². The van der Waals surface area contributed by atoms with Crippen molar-refractivity contribution in [3.8, 4) is 28.3 Å². The molecule has 0 aliphatic heterocycles. The van der Waals surface area contributed by atoms with Crippen LogP contribution in [0, 0.1) is 13.8 Å². The molecule has 0 N–H and O–H groups in total. The Morgan fingerprint density at radius 2 is 1.09 bits per heavy atom. The minimum Gasteiger partial charge on any atom is -0.489 e. The molecule has 0 spiro atoms. The van der Waals surface area contributed by atoms with Crippen LogP contribution in [-0.4, -0.2) is 25.2 Å². The maximum Gasteiger partial charge on any atom is 0.205 e. The Labute approximate surface area is 269 Å². The summed E-state index contributed by atoms with van der Waals surface area (Å²) in [6, 6.07) is 51.7. The van der Waals surface area contributed by atoms with E-state index >= 15 is 0 Å². The Morgan fingerprint density at radius 3 is 1.67 bits per heavy atom. The zero-order valence-corrected chi connectivity index (χ0v) is 25.8. The summed E-state index contributed by atoms with van der Waals surface area (Å²) < 4.78 is 6.11. The molecular formula is C40H33N5O. The van der Waals surface area contributed by atoms with E-state index in [4.69, 9.17) is 15.0 Å². The van der Waals surface area contributed by atoms with E-state index < -0.39 is 5.54 Å². The standard InChI is InChI=1S/C40H33N5O/c1-29-24-38(25-30(2)41-29)46-28-31-14-12-15-32(26-31)33-16-13-17-34(27-33)39-42-44-45(43-39)40(35-18-6-3-7-19-35,36-20-8-4-9-21-36)37-22-10-5-11-23-37/h3-27H,28H2,1-2H3. The van der Waals surface area contributed by atoms with Crippen LogP contribution in [0.25, 0.3) is 22.5 Å². The van der Waals surface area contributed by atoms with Crippen LogP contribution in [0.2, 0.25) is 0 Å². The molecule has 224 valence electrons. The SMILES string of the molecule is Cc1cc(OCc2cccc(-c3cccc(-c4nnn(C(c5ccccc5)(c5ccccc5)c5ccccc5)n4)c3)c2)cc(C)n1. The van der Waals surface area contributed by atoms with Crippen molar-refractivity contribution >= 4 is 0 Å². The molecule has 0 amide bonds. The molecule has 7 rings (SSSR count). The van der Waals surface area contributed by atoms with E-state index in [1.807, 2.05) is 56.3 Å². The Bertz CT molecular complexity index is 1960. The second-order valence-electron chi connectivity index (χ2n) is 11.4. The number of benzene rings is 5. The molecule has 0 saturated heterocycles. The van der Waals surface area contributed by atoms with E-state index in [1.165, 1.54) is 0 Å². The zero-order valence-electron chi connectivity index (χ0n) is 25.8. The number of hydrogen-bond acceptors (Lipinski definition) is 5. The Morgan fingerprint density at radius 1 is 0.565 bits per heavy atom. The number of hydrogen-bond donors (Lipinski definition) is 0. The average molecular weight is 600 g/mol. The van der Waals surface area contributed by atoms with Crippen LogP contribution in [0.4, 0.5) is 0 Å². The molecular weight excluding hydrogens is 566 g/mol. The summed E-state index contributed by atoms with van der Waals surface area (Å²) in [4.78, 5) is 6.20. The molecule has 2 heterocycles. The van der Waals surface area contributed by atoms with Crippen molar-refractivity contribution in [2.24, 2.45) is 0 Å². The molecule has 2 aromatic heterocycles. The second kappa shape index (κ2) is 12.6. The molecule has 0 aliphatic carbocycles. The summed E-state index contributed by atoms with van der Waals surface area (Å²) in [5, 5.41) is 14.4. The number of pyridine rings is 1. The van der Waals surface area contributed by atoms with Gasteiger partial charge in [0.15, 0.2) is 5.54 Å². The van der Waals surface area contributed by atoms with Gasteiger partial charge in [-0.15, -0.1) is 15.0 Å². The van der Waals surface area contributed by atoms with Gasteiger partial charge in [0.1, 0.15) is 12.4 Å². The summed E-state index contributed by atoms with van der Waals surface area (Å²) in [6.07, 6.45) is 0. The second-order valence-corrected chi connectivity index (χ2v) is 11.4. The topological polar surface area (TPSA) is 65.7 Å². The summed E-state index contributed by atoms with van der Waals surface area (Å²) in [5.74, 6) is 1.38. The molecule has 5 aromatic carbocycles. The molecule has 6 nitrogen and oxygen atoms in total. The Balaban J connectivity index is 1.25. The molecule has 0 atom stereocenters. The monoisotopic (exact) mass is 599 g/mol. The van der Waals surface area contributed by atoms with Gasteiger partial charge < -0.3 is 4.74 Å². The molecule has 0 aliphatic rings. The van der Waals surface area contributed by atoms with Gasteiger partial charge in [0, 0.05) is 29.1 Å². The fourth-order valence-corrected chi connectivity index (χ4v) is 6.08. The van der Waals surface area contributed by atoms with Gasteiger partial charge in [0.25, 0.3) is 0 Å². The first-order valence-corrected chi connectivity index (χ1v) is 15.3. The van der Waals surface area contributed by atoms with Crippen LogP contribution in [-0.2, 0) is 12.1 Å². The van der Waals surface area contributed by atoms with Crippen LogP contribution in [0.5, 0.6) is 5.75 Å². The highest BCUT2D eigenvalue weighted by atomic mass is 16.5. The first kappa shape index (κ1) is 28.9. The van der Waals surface area contributed by atoms with Gasteiger partial charge in [-0.2, -0.15) is 0 Å². The largest absolute Gasteiger partial charge is 0.489 e. The van der Waals surface area contributed by atoms with Crippen molar-refractivity contribution in [2.75, 3.05) is 0 Å². The molecule has 7 aromatic rings. The quantitative estimate of drug-likeness (QED) is 0.156. The lowest BCUT2D eigenvalue weighted by Gasteiger charge is -2.34. The first-order valence-electron chi connectivity index (χ1n) is 15.3. The minimum atomic E-state index is -0.827. The maximum atomic E-state index is 6.11. The molecule has 0 saturated carbocycles. The molecule has 0 unspecified atom stereocenters. The lowest BCUT2D eigenvalue weighted by molar-refractivity contribution is 0.305. The highest BCUT2D eigenvalue weighted by molar-refractivity contribution is 5.70. The van der Waals surface area contributed by atoms with Gasteiger partial charge in [0.05, 0.1) is 0 Å². The predicted octanol–water partition coefficient (Wildman–Crippen LogP) is 8.44. The Kier molecular flexibility index (Phi) is 7.92. The average Bonchev–Trinajstić information content (AvgIpc) is 3.60. The van der Waals surface area contributed by atoms with Crippen LogP contribution in [0.3, 0.4) is 0 Å². The number of ether oxygens (including phenoxy) is 1. The fraction of sp³-hybridized carbons (Fsp3) is 0.100. The normalized spacial score (nSPS) is 11.3. The van der Waals surface area contributed by atoms with Gasteiger partial charge >= 0.3 is 0 Å². The van der Waals surface area contributed by atoms with Crippen molar-refractivity contribution in [2.45, 2.75) is 26.0 Å². The molecule has 46 heavy (non-hydrogen) atoms. The van der Waals surface area contributed by atoms with E-state index in [-0.39, 0.29) is 0 Å². The molecule has 0 bridgehead atoms. The van der Waals surface area contributed by atoms with Gasteiger partial charge in [0.2, 0.25) is 5.82 Å². The number of tetrazole rings is 1. The zero-order chi connectivity index (χ0) is 31.3. The van der Waals surface area contributed by atoms with E-state index in [2.05, 4.69) is 119 Å². The smallest absolute Gasteiger partial charge is 0.205 e. The first-order chi connectivity index (χ1) is 22.6. The third-order valence-corrected chi connectivity index (χ3v) is 8.13. The number of nitrogens with zero attached hydrogens (tertiary/aromatic N) is 5. The predicted molar refractivity (Wildman–Crippen MR) is 181 cm³/mol. The summed E-state index contributed by atoms with van der Waals surface area (Å²) in [6.45, 7) is 4.42. The van der Waals surface area contributed by atoms with Crippen LogP contribution in [0.1, 0.15) is 33.6 Å². The third kappa shape index (κ3) is 5.69. The van der Waals surface area contributed by atoms with Crippen molar-refractivity contribution < 1.29 is 4.74 Å². The number of aromatic nitrogens is 5. The van der Waals surface area contributed by atoms with Crippen molar-refractivity contribution in [3.63, 3.8) is 0 Å².